The Morgan fingerprint density at radius 2 is 2.19 bits per heavy atom. The summed E-state index contributed by atoms with van der Waals surface area (Å²) < 4.78 is 0. The van der Waals surface area contributed by atoms with Crippen LogP contribution in [-0.2, 0) is 11.2 Å². The first-order chi connectivity index (χ1) is 9.97. The van der Waals surface area contributed by atoms with Gasteiger partial charge in [0.15, 0.2) is 0 Å². The highest BCUT2D eigenvalue weighted by atomic mass is 16.1. The van der Waals surface area contributed by atoms with Crippen LogP contribution in [0, 0.1) is 13.8 Å². The van der Waals surface area contributed by atoms with E-state index in [9.17, 15) is 9.59 Å². The predicted molar refractivity (Wildman–Crippen MR) is 77.8 cm³/mol. The standard InChI is InChI=1S/C14H19N5O2/c1-8(11-6-15-16-7-11)18-13(20)5-4-12-9(2)17-10(3)19-14(12)21/h6-8H,4-5H2,1-3H3,(H,15,16)(H,18,20)(H,17,19,21). The van der Waals surface area contributed by atoms with Crippen molar-refractivity contribution in [1.82, 2.24) is 25.5 Å². The molecule has 0 saturated carbocycles. The fourth-order valence-electron chi connectivity index (χ4n) is 2.18. The van der Waals surface area contributed by atoms with Gasteiger partial charge in [0.25, 0.3) is 5.56 Å². The molecule has 2 aromatic heterocycles. The molecule has 0 spiro atoms. The molecule has 0 aliphatic carbocycles. The van der Waals surface area contributed by atoms with Gasteiger partial charge in [0, 0.05) is 29.4 Å². The third-order valence-corrected chi connectivity index (χ3v) is 3.34. The van der Waals surface area contributed by atoms with E-state index in [0.717, 1.165) is 5.56 Å². The van der Waals surface area contributed by atoms with Crippen LogP contribution in [0.2, 0.25) is 0 Å². The number of aryl methyl sites for hydroxylation is 2. The Hall–Kier alpha value is -2.44. The van der Waals surface area contributed by atoms with Crippen LogP contribution >= 0.6 is 0 Å². The minimum absolute atomic E-state index is 0.108. The van der Waals surface area contributed by atoms with Gasteiger partial charge in [-0.1, -0.05) is 0 Å². The normalized spacial score (nSPS) is 12.1. The van der Waals surface area contributed by atoms with E-state index in [0.29, 0.717) is 23.5 Å². The molecule has 0 aliphatic rings. The van der Waals surface area contributed by atoms with Crippen LogP contribution in [-0.4, -0.2) is 26.1 Å². The second-order valence-electron chi connectivity index (χ2n) is 5.04. The molecule has 2 heterocycles. The molecule has 2 rings (SSSR count). The van der Waals surface area contributed by atoms with Crippen LogP contribution in [0.15, 0.2) is 17.2 Å². The Balaban J connectivity index is 1.94. The van der Waals surface area contributed by atoms with Gasteiger partial charge >= 0.3 is 0 Å². The maximum Gasteiger partial charge on any atom is 0.254 e. The summed E-state index contributed by atoms with van der Waals surface area (Å²) in [6.07, 6.45) is 4.03. The van der Waals surface area contributed by atoms with Crippen molar-refractivity contribution in [2.75, 3.05) is 0 Å². The maximum atomic E-state index is 11.9. The van der Waals surface area contributed by atoms with E-state index >= 15 is 0 Å². The first kappa shape index (κ1) is 15.0. The molecule has 0 radical (unpaired) electrons. The summed E-state index contributed by atoms with van der Waals surface area (Å²) in [6.45, 7) is 5.40. The summed E-state index contributed by atoms with van der Waals surface area (Å²) in [5.41, 5.74) is 1.98. The van der Waals surface area contributed by atoms with Gasteiger partial charge in [-0.3, -0.25) is 14.7 Å². The average molecular weight is 289 g/mol. The van der Waals surface area contributed by atoms with Crippen molar-refractivity contribution >= 4 is 5.91 Å². The summed E-state index contributed by atoms with van der Waals surface area (Å²) >= 11 is 0. The summed E-state index contributed by atoms with van der Waals surface area (Å²) in [5.74, 6) is 0.474. The van der Waals surface area contributed by atoms with E-state index in [1.807, 2.05) is 6.92 Å². The van der Waals surface area contributed by atoms with Gasteiger partial charge in [0.1, 0.15) is 5.82 Å². The molecule has 112 valence electrons. The highest BCUT2D eigenvalue weighted by molar-refractivity contribution is 5.76. The van der Waals surface area contributed by atoms with E-state index in [2.05, 4.69) is 25.5 Å². The van der Waals surface area contributed by atoms with Gasteiger partial charge in [-0.2, -0.15) is 5.10 Å². The largest absolute Gasteiger partial charge is 0.349 e. The number of carbonyl (C=O) groups excluding carboxylic acids is 1. The maximum absolute atomic E-state index is 11.9. The molecule has 0 fully saturated rings. The number of rotatable bonds is 5. The molecule has 2 aromatic rings. The van der Waals surface area contributed by atoms with Gasteiger partial charge in [-0.05, 0) is 27.2 Å². The molecule has 0 aromatic carbocycles. The molecular weight excluding hydrogens is 270 g/mol. The van der Waals surface area contributed by atoms with Crippen LogP contribution in [0.4, 0.5) is 0 Å². The second kappa shape index (κ2) is 6.34. The third kappa shape index (κ3) is 3.77. The first-order valence-corrected chi connectivity index (χ1v) is 6.82. The molecule has 21 heavy (non-hydrogen) atoms. The number of hydrogen-bond acceptors (Lipinski definition) is 4. The summed E-state index contributed by atoms with van der Waals surface area (Å²) in [6, 6.07) is -0.119. The van der Waals surface area contributed by atoms with Gasteiger partial charge in [0.2, 0.25) is 5.91 Å². The number of aromatic nitrogens is 4. The van der Waals surface area contributed by atoms with Gasteiger partial charge in [-0.25, -0.2) is 4.98 Å². The third-order valence-electron chi connectivity index (χ3n) is 3.34. The van der Waals surface area contributed by atoms with E-state index in [-0.39, 0.29) is 23.9 Å². The van der Waals surface area contributed by atoms with Crippen molar-refractivity contribution in [2.45, 2.75) is 39.7 Å². The number of aromatic amines is 2. The Bertz CT molecular complexity index is 675. The van der Waals surface area contributed by atoms with Crippen LogP contribution < -0.4 is 10.9 Å². The summed E-state index contributed by atoms with van der Waals surface area (Å²) in [4.78, 5) is 30.6. The molecular formula is C14H19N5O2. The minimum Gasteiger partial charge on any atom is -0.349 e. The average Bonchev–Trinajstić information content (AvgIpc) is 2.91. The monoisotopic (exact) mass is 289 g/mol. The van der Waals surface area contributed by atoms with Crippen molar-refractivity contribution in [3.63, 3.8) is 0 Å². The zero-order valence-electron chi connectivity index (χ0n) is 12.4. The highest BCUT2D eigenvalue weighted by Crippen LogP contribution is 2.10. The quantitative estimate of drug-likeness (QED) is 0.761. The molecule has 1 atom stereocenters. The summed E-state index contributed by atoms with van der Waals surface area (Å²) in [5, 5.41) is 9.42. The topological polar surface area (TPSA) is 104 Å². The van der Waals surface area contributed by atoms with Gasteiger partial charge < -0.3 is 10.3 Å². The Morgan fingerprint density at radius 1 is 1.43 bits per heavy atom. The van der Waals surface area contributed by atoms with E-state index in [1.54, 1.807) is 26.2 Å². The molecule has 1 unspecified atom stereocenters. The Morgan fingerprint density at radius 3 is 2.81 bits per heavy atom. The second-order valence-corrected chi connectivity index (χ2v) is 5.04. The minimum atomic E-state index is -0.171. The van der Waals surface area contributed by atoms with E-state index < -0.39 is 0 Å². The molecule has 3 N–H and O–H groups in total. The lowest BCUT2D eigenvalue weighted by Gasteiger charge is -2.12. The number of hydrogen-bond donors (Lipinski definition) is 3. The number of amides is 1. The smallest absolute Gasteiger partial charge is 0.254 e. The van der Waals surface area contributed by atoms with E-state index in [4.69, 9.17) is 0 Å². The highest BCUT2D eigenvalue weighted by Gasteiger charge is 2.13. The summed E-state index contributed by atoms with van der Waals surface area (Å²) in [7, 11) is 0. The number of nitrogens with one attached hydrogen (secondary N) is 3. The number of nitrogens with zero attached hydrogens (tertiary/aromatic N) is 2. The SMILES string of the molecule is Cc1nc(C)c(CCC(=O)NC(C)c2cn[nH]c2)c(=O)[nH]1. The molecule has 1 amide bonds. The van der Waals surface area contributed by atoms with Crippen molar-refractivity contribution in [3.05, 3.63) is 45.4 Å². The molecule has 0 saturated heterocycles. The van der Waals surface area contributed by atoms with E-state index in [1.165, 1.54) is 0 Å². The van der Waals surface area contributed by atoms with Gasteiger partial charge in [0.05, 0.1) is 12.2 Å². The van der Waals surface area contributed by atoms with Gasteiger partial charge in [-0.15, -0.1) is 0 Å². The fraction of sp³-hybridized carbons (Fsp3) is 0.429. The van der Waals surface area contributed by atoms with Crippen LogP contribution in [0.5, 0.6) is 0 Å². The lowest BCUT2D eigenvalue weighted by molar-refractivity contribution is -0.121. The molecule has 0 aliphatic heterocycles. The van der Waals surface area contributed by atoms with Crippen LogP contribution in [0.1, 0.15) is 42.0 Å². The van der Waals surface area contributed by atoms with Crippen molar-refractivity contribution in [2.24, 2.45) is 0 Å². The lowest BCUT2D eigenvalue weighted by Crippen LogP contribution is -2.27. The van der Waals surface area contributed by atoms with Crippen molar-refractivity contribution in [1.29, 1.82) is 0 Å². The van der Waals surface area contributed by atoms with Crippen LogP contribution in [0.25, 0.3) is 0 Å². The van der Waals surface area contributed by atoms with Crippen molar-refractivity contribution < 1.29 is 4.79 Å². The molecule has 7 heteroatoms. The predicted octanol–water partition coefficient (Wildman–Crippen LogP) is 0.920. The Kier molecular flexibility index (Phi) is 4.52. The van der Waals surface area contributed by atoms with Crippen LogP contribution in [0.3, 0.4) is 0 Å². The first-order valence-electron chi connectivity index (χ1n) is 6.82. The number of carbonyl (C=O) groups is 1. The number of H-pyrrole nitrogens is 2. The lowest BCUT2D eigenvalue weighted by atomic mass is 10.1. The molecule has 7 nitrogen and oxygen atoms in total. The fourth-order valence-corrected chi connectivity index (χ4v) is 2.18. The van der Waals surface area contributed by atoms with Crippen molar-refractivity contribution in [3.8, 4) is 0 Å². The zero-order valence-corrected chi connectivity index (χ0v) is 12.4. The Labute approximate surface area is 122 Å². The zero-order chi connectivity index (χ0) is 15.4. The molecule has 0 bridgehead atoms.